The number of allylic oxidation sites excluding steroid dienone is 1. The minimum atomic E-state index is -0.816. The highest BCUT2D eigenvalue weighted by Crippen LogP contribution is 2.38. The summed E-state index contributed by atoms with van der Waals surface area (Å²) in [6, 6.07) is 16.1. The van der Waals surface area contributed by atoms with Gasteiger partial charge in [0.05, 0.1) is 20.3 Å². The van der Waals surface area contributed by atoms with Crippen LogP contribution >= 0.6 is 12.4 Å². The third-order valence-corrected chi connectivity index (χ3v) is 5.29. The number of rotatable bonds is 5. The Kier molecular flexibility index (Phi) is 9.62. The molecule has 0 saturated heterocycles. The van der Waals surface area contributed by atoms with Crippen molar-refractivity contribution in [3.63, 3.8) is 0 Å². The molecular formula is C25H30ClNO5. The number of aliphatic hydroxyl groups is 1. The Labute approximate surface area is 195 Å². The fraction of sp³-hybridized carbons (Fsp3) is 0.320. The number of halogens is 1. The molecule has 2 aromatic rings. The first-order valence-electron chi connectivity index (χ1n) is 10.3. The van der Waals surface area contributed by atoms with Crippen molar-refractivity contribution < 1.29 is 24.1 Å². The lowest BCUT2D eigenvalue weighted by Crippen LogP contribution is -2.38. The van der Waals surface area contributed by atoms with E-state index in [0.717, 1.165) is 12.2 Å². The molecule has 7 heteroatoms. The maximum absolute atomic E-state index is 11.4. The van der Waals surface area contributed by atoms with Gasteiger partial charge in [0.1, 0.15) is 11.5 Å². The Morgan fingerprint density at radius 2 is 1.91 bits per heavy atom. The molecule has 1 heterocycles. The summed E-state index contributed by atoms with van der Waals surface area (Å²) >= 11 is 0. The Hall–Kier alpha value is -2.96. The highest BCUT2D eigenvalue weighted by Gasteiger charge is 2.28. The van der Waals surface area contributed by atoms with E-state index in [1.165, 1.54) is 29.4 Å². The number of aryl methyl sites for hydroxylation is 1. The standard InChI is InChI=1S/C18H21NO5.C7H8.ClH/c1-22-13-5-3-11-9-12(14(11)10-13)4-6-15-17(24-18(21)23-2)16(20)7-8-19-15;1-7-5-3-2-4-6-7;/h3,5,9-10,15,19-20H,4,6-8H2,1-2H3;2-6H,1H3;1H. The van der Waals surface area contributed by atoms with Crippen LogP contribution in [0.15, 0.2) is 60.0 Å². The van der Waals surface area contributed by atoms with Gasteiger partial charge in [0.2, 0.25) is 0 Å². The quantitative estimate of drug-likeness (QED) is 0.562. The molecule has 172 valence electrons. The summed E-state index contributed by atoms with van der Waals surface area (Å²) < 4.78 is 14.9. The first-order valence-corrected chi connectivity index (χ1v) is 10.3. The zero-order chi connectivity index (χ0) is 22.2. The number of benzene rings is 2. The number of nitrogens with one attached hydrogen (secondary N) is 1. The molecule has 0 aromatic heterocycles. The second-order valence-electron chi connectivity index (χ2n) is 7.44. The van der Waals surface area contributed by atoms with Crippen LogP contribution in [0, 0.1) is 6.92 Å². The molecule has 1 aliphatic heterocycles. The lowest BCUT2D eigenvalue weighted by atomic mass is 9.84. The molecule has 0 amide bonds. The minimum absolute atomic E-state index is 0. The third-order valence-electron chi connectivity index (χ3n) is 5.29. The van der Waals surface area contributed by atoms with Crippen molar-refractivity contribution >= 4 is 30.2 Å². The van der Waals surface area contributed by atoms with E-state index in [2.05, 4.69) is 35.2 Å². The van der Waals surface area contributed by atoms with Crippen molar-refractivity contribution in [2.75, 3.05) is 20.8 Å². The van der Waals surface area contributed by atoms with Gasteiger partial charge in [0, 0.05) is 13.0 Å². The largest absolute Gasteiger partial charge is 0.513 e. The minimum Gasteiger partial charge on any atom is -0.509 e. The van der Waals surface area contributed by atoms with Crippen LogP contribution in [-0.2, 0) is 9.47 Å². The van der Waals surface area contributed by atoms with Gasteiger partial charge in [-0.15, -0.1) is 12.4 Å². The number of methoxy groups -OCH3 is 2. The molecule has 32 heavy (non-hydrogen) atoms. The Balaban J connectivity index is 0.000000388. The third kappa shape index (κ3) is 6.52. The molecule has 2 N–H and O–H groups in total. The van der Waals surface area contributed by atoms with Crippen molar-refractivity contribution in [3.8, 4) is 5.75 Å². The van der Waals surface area contributed by atoms with Gasteiger partial charge in [-0.3, -0.25) is 0 Å². The maximum atomic E-state index is 11.4. The normalized spacial score (nSPS) is 16.2. The fourth-order valence-corrected chi connectivity index (χ4v) is 3.57. The van der Waals surface area contributed by atoms with Crippen molar-refractivity contribution in [2.24, 2.45) is 0 Å². The molecule has 2 aliphatic rings. The predicted octanol–water partition coefficient (Wildman–Crippen LogP) is 5.66. The molecule has 0 spiro atoms. The van der Waals surface area contributed by atoms with Crippen LogP contribution in [0.5, 0.6) is 5.75 Å². The summed E-state index contributed by atoms with van der Waals surface area (Å²) in [6.07, 6.45) is 3.27. The van der Waals surface area contributed by atoms with Crippen molar-refractivity contribution in [2.45, 2.75) is 32.2 Å². The van der Waals surface area contributed by atoms with Crippen LogP contribution < -0.4 is 10.1 Å². The average Bonchev–Trinajstić information content (AvgIpc) is 2.77. The summed E-state index contributed by atoms with van der Waals surface area (Å²) in [6.45, 7) is 2.73. The first-order chi connectivity index (χ1) is 15.0. The van der Waals surface area contributed by atoms with Crippen molar-refractivity contribution in [1.29, 1.82) is 0 Å². The molecule has 0 bridgehead atoms. The second kappa shape index (κ2) is 12.2. The van der Waals surface area contributed by atoms with Crippen LogP contribution in [0.2, 0.25) is 0 Å². The molecular weight excluding hydrogens is 430 g/mol. The predicted molar refractivity (Wildman–Crippen MR) is 128 cm³/mol. The zero-order valence-corrected chi connectivity index (χ0v) is 19.4. The summed E-state index contributed by atoms with van der Waals surface area (Å²) in [5.41, 5.74) is 4.94. The molecule has 0 fully saturated rings. The van der Waals surface area contributed by atoms with Gasteiger partial charge in [-0.25, -0.2) is 4.79 Å². The van der Waals surface area contributed by atoms with Gasteiger partial charge in [-0.05, 0) is 48.6 Å². The van der Waals surface area contributed by atoms with Crippen LogP contribution in [-0.4, -0.2) is 38.1 Å². The molecule has 1 atom stereocenters. The van der Waals surface area contributed by atoms with Crippen molar-refractivity contribution in [1.82, 2.24) is 5.32 Å². The van der Waals surface area contributed by atoms with Gasteiger partial charge < -0.3 is 24.6 Å². The van der Waals surface area contributed by atoms with E-state index in [1.807, 2.05) is 36.4 Å². The maximum Gasteiger partial charge on any atom is 0.513 e. The molecule has 0 saturated carbocycles. The van der Waals surface area contributed by atoms with Gasteiger partial charge >= 0.3 is 6.16 Å². The lowest BCUT2D eigenvalue weighted by Gasteiger charge is -2.28. The van der Waals surface area contributed by atoms with Gasteiger partial charge in [0.25, 0.3) is 0 Å². The van der Waals surface area contributed by atoms with Gasteiger partial charge in [-0.1, -0.05) is 48.0 Å². The summed E-state index contributed by atoms with van der Waals surface area (Å²) in [4.78, 5) is 11.4. The lowest BCUT2D eigenvalue weighted by molar-refractivity contribution is 0.0827. The van der Waals surface area contributed by atoms with Gasteiger partial charge in [0.15, 0.2) is 5.76 Å². The molecule has 1 unspecified atom stereocenters. The van der Waals surface area contributed by atoms with Crippen molar-refractivity contribution in [3.05, 3.63) is 76.7 Å². The van der Waals surface area contributed by atoms with E-state index >= 15 is 0 Å². The summed E-state index contributed by atoms with van der Waals surface area (Å²) in [7, 11) is 2.90. The topological polar surface area (TPSA) is 77.0 Å². The average molecular weight is 460 g/mol. The number of carbonyl (C=O) groups is 1. The SMILES string of the molecule is COC(=O)OC1=C(O)CCNC1CCC1=Cc2ccc(OC)cc21.Cc1ccccc1.Cl. The van der Waals surface area contributed by atoms with Crippen LogP contribution in [0.1, 0.15) is 36.0 Å². The zero-order valence-electron chi connectivity index (χ0n) is 18.6. The van der Waals surface area contributed by atoms with E-state index in [-0.39, 0.29) is 30.0 Å². The Morgan fingerprint density at radius 3 is 2.53 bits per heavy atom. The summed E-state index contributed by atoms with van der Waals surface area (Å²) in [5, 5.41) is 13.3. The molecule has 1 aliphatic carbocycles. The highest BCUT2D eigenvalue weighted by atomic mass is 35.5. The number of ether oxygens (including phenoxy) is 3. The molecule has 6 nitrogen and oxygen atoms in total. The van der Waals surface area contributed by atoms with E-state index in [0.29, 0.717) is 19.4 Å². The Morgan fingerprint density at radius 1 is 1.16 bits per heavy atom. The number of hydrogen-bond donors (Lipinski definition) is 2. The highest BCUT2D eigenvalue weighted by molar-refractivity contribution is 5.95. The first kappa shape index (κ1) is 25.3. The van der Waals surface area contributed by atoms with E-state index in [9.17, 15) is 9.90 Å². The van der Waals surface area contributed by atoms with Crippen LogP contribution in [0.25, 0.3) is 11.6 Å². The monoisotopic (exact) mass is 459 g/mol. The fourth-order valence-electron chi connectivity index (χ4n) is 3.57. The van der Waals surface area contributed by atoms with E-state index in [4.69, 9.17) is 9.47 Å². The Bertz CT molecular complexity index is 972. The molecule has 4 rings (SSSR count). The number of carbonyl (C=O) groups excluding carboxylic acids is 1. The molecule has 0 radical (unpaired) electrons. The number of fused-ring (bicyclic) bond motifs is 1. The molecule has 2 aromatic carbocycles. The van der Waals surface area contributed by atoms with Crippen LogP contribution in [0.3, 0.4) is 0 Å². The number of hydrogen-bond acceptors (Lipinski definition) is 6. The van der Waals surface area contributed by atoms with E-state index in [1.54, 1.807) is 7.11 Å². The number of aliphatic hydroxyl groups excluding tert-OH is 1. The summed E-state index contributed by atoms with van der Waals surface area (Å²) in [5.74, 6) is 1.20. The van der Waals surface area contributed by atoms with E-state index < -0.39 is 6.16 Å². The smallest absolute Gasteiger partial charge is 0.509 e. The van der Waals surface area contributed by atoms with Gasteiger partial charge in [-0.2, -0.15) is 0 Å². The second-order valence-corrected chi connectivity index (χ2v) is 7.44. The van der Waals surface area contributed by atoms with Crippen LogP contribution in [0.4, 0.5) is 4.79 Å².